The molecule has 7 nitrogen and oxygen atoms in total. The molecular weight excluding hydrogens is 350 g/mol. The number of para-hydroxylation sites is 1. The van der Waals surface area contributed by atoms with Crippen molar-refractivity contribution in [3.05, 3.63) is 60.9 Å². The fraction of sp³-hybridized carbons (Fsp3) is 0.111. The maximum absolute atomic E-state index is 12.1. The zero-order valence-corrected chi connectivity index (χ0v) is 14.9. The molecule has 3 aromatic rings. The van der Waals surface area contributed by atoms with E-state index in [-0.39, 0.29) is 17.6 Å². The molecule has 0 spiro atoms. The largest absolute Gasteiger partial charge is 0.326 e. The number of hydrogen-bond acceptors (Lipinski definition) is 5. The maximum atomic E-state index is 12.1. The Morgan fingerprint density at radius 2 is 1.65 bits per heavy atom. The van der Waals surface area contributed by atoms with Crippen molar-refractivity contribution in [2.45, 2.75) is 12.1 Å². The van der Waals surface area contributed by atoms with Gasteiger partial charge in [0.25, 0.3) is 0 Å². The van der Waals surface area contributed by atoms with E-state index in [0.717, 1.165) is 5.69 Å². The van der Waals surface area contributed by atoms with E-state index in [1.807, 2.05) is 30.3 Å². The van der Waals surface area contributed by atoms with Gasteiger partial charge in [-0.05, 0) is 36.4 Å². The quantitative estimate of drug-likeness (QED) is 0.654. The number of amides is 2. The standard InChI is InChI=1S/C18H17N5O2S/c1-13(24)20-14-7-9-15(10-8-14)21-17(25)11-26-18-19-12-23(22-18)16-5-3-2-4-6-16/h2-10,12H,11H2,1H3,(H,20,24)(H,21,25). The van der Waals surface area contributed by atoms with Crippen LogP contribution in [0.15, 0.2) is 66.1 Å². The minimum Gasteiger partial charge on any atom is -0.326 e. The number of aromatic nitrogens is 3. The second-order valence-electron chi connectivity index (χ2n) is 5.40. The van der Waals surface area contributed by atoms with Crippen LogP contribution >= 0.6 is 11.8 Å². The van der Waals surface area contributed by atoms with Gasteiger partial charge in [-0.1, -0.05) is 30.0 Å². The summed E-state index contributed by atoms with van der Waals surface area (Å²) < 4.78 is 1.67. The molecule has 3 rings (SSSR count). The summed E-state index contributed by atoms with van der Waals surface area (Å²) in [7, 11) is 0. The minimum atomic E-state index is -0.154. The van der Waals surface area contributed by atoms with Crippen molar-refractivity contribution >= 4 is 35.0 Å². The third kappa shape index (κ3) is 4.93. The Balaban J connectivity index is 1.51. The SMILES string of the molecule is CC(=O)Nc1ccc(NC(=O)CSc2ncn(-c3ccccc3)n2)cc1. The first-order chi connectivity index (χ1) is 12.6. The number of anilines is 2. The summed E-state index contributed by atoms with van der Waals surface area (Å²) in [4.78, 5) is 27.3. The van der Waals surface area contributed by atoms with Crippen molar-refractivity contribution in [1.29, 1.82) is 0 Å². The van der Waals surface area contributed by atoms with Crippen LogP contribution in [0.2, 0.25) is 0 Å². The van der Waals surface area contributed by atoms with Crippen molar-refractivity contribution < 1.29 is 9.59 Å². The second-order valence-corrected chi connectivity index (χ2v) is 6.35. The van der Waals surface area contributed by atoms with Crippen LogP contribution in [0.1, 0.15) is 6.92 Å². The van der Waals surface area contributed by atoms with E-state index in [1.165, 1.54) is 18.7 Å². The van der Waals surface area contributed by atoms with Gasteiger partial charge in [0.15, 0.2) is 0 Å². The molecular formula is C18H17N5O2S. The molecule has 2 N–H and O–H groups in total. The van der Waals surface area contributed by atoms with Crippen molar-refractivity contribution in [1.82, 2.24) is 14.8 Å². The Morgan fingerprint density at radius 1 is 1.00 bits per heavy atom. The summed E-state index contributed by atoms with van der Waals surface area (Å²) in [6.07, 6.45) is 1.62. The number of benzene rings is 2. The van der Waals surface area contributed by atoms with Gasteiger partial charge in [0.05, 0.1) is 11.4 Å². The molecule has 26 heavy (non-hydrogen) atoms. The molecule has 2 aromatic carbocycles. The highest BCUT2D eigenvalue weighted by atomic mass is 32.2. The van der Waals surface area contributed by atoms with Gasteiger partial charge in [-0.2, -0.15) is 0 Å². The Hall–Kier alpha value is -3.13. The number of carbonyl (C=O) groups is 2. The highest BCUT2D eigenvalue weighted by molar-refractivity contribution is 7.99. The predicted molar refractivity (Wildman–Crippen MR) is 101 cm³/mol. The molecule has 0 aliphatic heterocycles. The highest BCUT2D eigenvalue weighted by Gasteiger charge is 2.08. The second kappa shape index (κ2) is 8.30. The van der Waals surface area contributed by atoms with Crippen molar-refractivity contribution in [2.24, 2.45) is 0 Å². The Kier molecular flexibility index (Phi) is 5.65. The van der Waals surface area contributed by atoms with Gasteiger partial charge in [0, 0.05) is 18.3 Å². The molecule has 0 saturated carbocycles. The first-order valence-corrected chi connectivity index (χ1v) is 8.86. The number of nitrogens with one attached hydrogen (secondary N) is 2. The number of rotatable bonds is 6. The van der Waals surface area contributed by atoms with Gasteiger partial charge in [0.1, 0.15) is 6.33 Å². The molecule has 0 unspecified atom stereocenters. The summed E-state index contributed by atoms with van der Waals surface area (Å²) >= 11 is 1.26. The van der Waals surface area contributed by atoms with E-state index in [0.29, 0.717) is 16.5 Å². The van der Waals surface area contributed by atoms with Crippen LogP contribution in [0.5, 0.6) is 0 Å². The van der Waals surface area contributed by atoms with Crippen molar-refractivity contribution in [2.75, 3.05) is 16.4 Å². The molecule has 0 aliphatic carbocycles. The lowest BCUT2D eigenvalue weighted by Gasteiger charge is -2.06. The average molecular weight is 367 g/mol. The normalized spacial score (nSPS) is 10.3. The van der Waals surface area contributed by atoms with E-state index >= 15 is 0 Å². The summed E-state index contributed by atoms with van der Waals surface area (Å²) in [6, 6.07) is 16.6. The number of thioether (sulfide) groups is 1. The molecule has 1 heterocycles. The third-order valence-corrected chi connectivity index (χ3v) is 4.16. The first kappa shape index (κ1) is 17.7. The van der Waals surface area contributed by atoms with Crippen LogP contribution in [-0.2, 0) is 9.59 Å². The van der Waals surface area contributed by atoms with Crippen LogP contribution < -0.4 is 10.6 Å². The number of carbonyl (C=O) groups excluding carboxylic acids is 2. The molecule has 0 atom stereocenters. The molecule has 8 heteroatoms. The number of nitrogens with zero attached hydrogens (tertiary/aromatic N) is 3. The zero-order valence-electron chi connectivity index (χ0n) is 14.0. The van der Waals surface area contributed by atoms with E-state index in [9.17, 15) is 9.59 Å². The van der Waals surface area contributed by atoms with Gasteiger partial charge >= 0.3 is 0 Å². The van der Waals surface area contributed by atoms with Crippen LogP contribution in [-0.4, -0.2) is 32.3 Å². The molecule has 0 bridgehead atoms. The number of hydrogen-bond donors (Lipinski definition) is 2. The van der Waals surface area contributed by atoms with Crippen LogP contribution in [0.4, 0.5) is 11.4 Å². The Morgan fingerprint density at radius 3 is 2.31 bits per heavy atom. The van der Waals surface area contributed by atoms with Gasteiger partial charge in [-0.15, -0.1) is 5.10 Å². The molecule has 0 radical (unpaired) electrons. The lowest BCUT2D eigenvalue weighted by Crippen LogP contribution is -2.14. The molecule has 132 valence electrons. The highest BCUT2D eigenvalue weighted by Crippen LogP contribution is 2.16. The monoisotopic (exact) mass is 367 g/mol. The van der Waals surface area contributed by atoms with E-state index in [1.54, 1.807) is 35.3 Å². The van der Waals surface area contributed by atoms with Gasteiger partial charge in [-0.3, -0.25) is 9.59 Å². The summed E-state index contributed by atoms with van der Waals surface area (Å²) in [5.74, 6) is -0.0920. The minimum absolute atomic E-state index is 0.138. The molecule has 2 amide bonds. The predicted octanol–water partition coefficient (Wildman–Crippen LogP) is 2.96. The van der Waals surface area contributed by atoms with Crippen LogP contribution in [0.3, 0.4) is 0 Å². The van der Waals surface area contributed by atoms with E-state index in [2.05, 4.69) is 20.7 Å². The Labute approximate surface area is 154 Å². The fourth-order valence-electron chi connectivity index (χ4n) is 2.19. The zero-order chi connectivity index (χ0) is 18.4. The molecule has 0 fully saturated rings. The summed E-state index contributed by atoms with van der Waals surface area (Å²) in [5.41, 5.74) is 2.25. The summed E-state index contributed by atoms with van der Waals surface area (Å²) in [5, 5.41) is 10.3. The lowest BCUT2D eigenvalue weighted by atomic mass is 10.3. The molecule has 1 aromatic heterocycles. The fourth-order valence-corrected chi connectivity index (χ4v) is 2.79. The van der Waals surface area contributed by atoms with Crippen LogP contribution in [0.25, 0.3) is 5.69 Å². The average Bonchev–Trinajstić information content (AvgIpc) is 3.11. The maximum Gasteiger partial charge on any atom is 0.234 e. The smallest absolute Gasteiger partial charge is 0.234 e. The van der Waals surface area contributed by atoms with E-state index in [4.69, 9.17) is 0 Å². The Bertz CT molecular complexity index is 893. The van der Waals surface area contributed by atoms with Crippen molar-refractivity contribution in [3.8, 4) is 5.69 Å². The van der Waals surface area contributed by atoms with E-state index < -0.39 is 0 Å². The topological polar surface area (TPSA) is 88.9 Å². The van der Waals surface area contributed by atoms with Crippen LogP contribution in [0, 0.1) is 0 Å². The van der Waals surface area contributed by atoms with Crippen molar-refractivity contribution in [3.63, 3.8) is 0 Å². The first-order valence-electron chi connectivity index (χ1n) is 7.87. The third-order valence-electron chi connectivity index (χ3n) is 3.31. The van der Waals surface area contributed by atoms with Gasteiger partial charge < -0.3 is 10.6 Å². The van der Waals surface area contributed by atoms with Gasteiger partial charge in [-0.25, -0.2) is 9.67 Å². The molecule has 0 aliphatic rings. The lowest BCUT2D eigenvalue weighted by molar-refractivity contribution is -0.114. The van der Waals surface area contributed by atoms with Gasteiger partial charge in [0.2, 0.25) is 17.0 Å². The molecule has 0 saturated heterocycles. The summed E-state index contributed by atoms with van der Waals surface area (Å²) in [6.45, 7) is 1.44.